The van der Waals surface area contributed by atoms with Gasteiger partial charge in [-0.05, 0) is 18.2 Å². The first-order chi connectivity index (χ1) is 12.2. The van der Waals surface area contributed by atoms with E-state index in [1.54, 1.807) is 17.8 Å². The lowest BCUT2D eigenvalue weighted by atomic mass is 10.1. The highest BCUT2D eigenvalue weighted by Gasteiger charge is 2.19. The average Bonchev–Trinajstić information content (AvgIpc) is 3.02. The molecule has 0 aliphatic carbocycles. The molecule has 0 saturated carbocycles. The van der Waals surface area contributed by atoms with E-state index in [1.165, 1.54) is 16.5 Å². The zero-order valence-corrected chi connectivity index (χ0v) is 13.8. The third kappa shape index (κ3) is 2.02. The maximum absolute atomic E-state index is 12.8. The Hall–Kier alpha value is -3.34. The lowest BCUT2D eigenvalue weighted by molar-refractivity contribution is 0.834. The molecule has 5 nitrogen and oxygen atoms in total. The van der Waals surface area contributed by atoms with Gasteiger partial charge in [-0.15, -0.1) is 0 Å². The molecule has 3 aromatic heterocycles. The number of aromatic nitrogens is 3. The van der Waals surface area contributed by atoms with E-state index in [2.05, 4.69) is 27.9 Å². The molecule has 0 radical (unpaired) electrons. The molecular weight excluding hydrogens is 312 g/mol. The summed E-state index contributed by atoms with van der Waals surface area (Å²) in [6.45, 7) is 0.658. The highest BCUT2D eigenvalue weighted by molar-refractivity contribution is 5.87. The van der Waals surface area contributed by atoms with Crippen molar-refractivity contribution >= 4 is 33.7 Å². The highest BCUT2D eigenvalue weighted by atomic mass is 16.1. The fourth-order valence-electron chi connectivity index (χ4n) is 3.56. The molecule has 0 unspecified atom stereocenters. The van der Waals surface area contributed by atoms with Crippen molar-refractivity contribution in [2.24, 2.45) is 7.05 Å². The molecule has 0 fully saturated rings. The Morgan fingerprint density at radius 3 is 2.80 bits per heavy atom. The Balaban J connectivity index is 1.67. The van der Waals surface area contributed by atoms with Crippen LogP contribution in [-0.2, 0) is 13.6 Å². The number of aryl methyl sites for hydroxylation is 1. The first kappa shape index (κ1) is 14.0. The predicted molar refractivity (Wildman–Crippen MR) is 100 cm³/mol. The molecule has 1 aromatic carbocycles. The van der Waals surface area contributed by atoms with E-state index in [0.29, 0.717) is 17.9 Å². The van der Waals surface area contributed by atoms with Crippen molar-refractivity contribution in [1.82, 2.24) is 14.1 Å². The first-order valence-electron chi connectivity index (χ1n) is 8.20. The molecular formula is C20H16N4O. The van der Waals surface area contributed by atoms with Crippen molar-refractivity contribution in [3.05, 3.63) is 77.1 Å². The molecule has 0 amide bonds. The van der Waals surface area contributed by atoms with Crippen LogP contribution in [0.1, 0.15) is 5.69 Å². The summed E-state index contributed by atoms with van der Waals surface area (Å²) < 4.78 is 3.75. The van der Waals surface area contributed by atoms with Crippen molar-refractivity contribution in [3.63, 3.8) is 0 Å². The number of hydrogen-bond donors (Lipinski definition) is 0. The van der Waals surface area contributed by atoms with Gasteiger partial charge in [0.15, 0.2) is 0 Å². The lowest BCUT2D eigenvalue weighted by Gasteiger charge is -2.25. The largest absolute Gasteiger partial charge is 0.336 e. The molecule has 25 heavy (non-hydrogen) atoms. The maximum Gasteiger partial charge on any atom is 0.275 e. The molecule has 5 heteroatoms. The number of pyridine rings is 2. The molecule has 1 aliphatic heterocycles. The van der Waals surface area contributed by atoms with Gasteiger partial charge in [0.1, 0.15) is 11.3 Å². The third-order valence-electron chi connectivity index (χ3n) is 4.85. The van der Waals surface area contributed by atoms with Gasteiger partial charge in [-0.25, -0.2) is 4.98 Å². The third-order valence-corrected chi connectivity index (χ3v) is 4.85. The van der Waals surface area contributed by atoms with Gasteiger partial charge in [0.05, 0.1) is 6.54 Å². The molecule has 0 atom stereocenters. The summed E-state index contributed by atoms with van der Waals surface area (Å²) in [5.41, 5.74) is 2.51. The Morgan fingerprint density at radius 1 is 1.04 bits per heavy atom. The minimum absolute atomic E-state index is 0.0415. The Kier molecular flexibility index (Phi) is 2.85. The van der Waals surface area contributed by atoms with E-state index in [1.807, 2.05) is 47.6 Å². The second kappa shape index (κ2) is 5.08. The predicted octanol–water partition coefficient (Wildman–Crippen LogP) is 3.34. The van der Waals surface area contributed by atoms with Gasteiger partial charge in [-0.3, -0.25) is 9.36 Å². The number of nitrogens with zero attached hydrogens (tertiary/aromatic N) is 4. The van der Waals surface area contributed by atoms with Crippen LogP contribution in [0, 0.1) is 0 Å². The number of hydrogen-bond acceptors (Lipinski definition) is 3. The summed E-state index contributed by atoms with van der Waals surface area (Å²) in [6, 6.07) is 14.1. The van der Waals surface area contributed by atoms with Crippen molar-refractivity contribution in [3.8, 4) is 0 Å². The van der Waals surface area contributed by atoms with E-state index in [0.717, 1.165) is 5.39 Å². The Labute approximate surface area is 144 Å². The number of benzene rings is 1. The van der Waals surface area contributed by atoms with E-state index >= 15 is 0 Å². The zero-order valence-electron chi connectivity index (χ0n) is 13.8. The van der Waals surface area contributed by atoms with Gasteiger partial charge < -0.3 is 9.47 Å². The van der Waals surface area contributed by atoms with Crippen molar-refractivity contribution in [2.75, 3.05) is 4.90 Å². The van der Waals surface area contributed by atoms with Crippen molar-refractivity contribution in [2.45, 2.75) is 6.54 Å². The topological polar surface area (TPSA) is 43.1 Å². The molecule has 0 N–H and O–H groups in total. The standard InChI is InChI=1S/C20H16N4O/c1-22-19-14(6-4-8-21-19)11-17(20(22)25)24-10-9-23-12-15-5-2-3-7-16(15)18(23)13-24/h2-12H,13H2,1H3. The normalized spacial score (nSPS) is 13.6. The molecule has 122 valence electrons. The fraction of sp³-hybridized carbons (Fsp3) is 0.100. The molecule has 5 rings (SSSR count). The second-order valence-electron chi connectivity index (χ2n) is 6.31. The monoisotopic (exact) mass is 328 g/mol. The van der Waals surface area contributed by atoms with E-state index in [4.69, 9.17) is 0 Å². The van der Waals surface area contributed by atoms with Gasteiger partial charge >= 0.3 is 0 Å². The highest BCUT2D eigenvalue weighted by Crippen LogP contribution is 2.28. The van der Waals surface area contributed by atoms with Crippen LogP contribution in [0.2, 0.25) is 0 Å². The molecule has 1 aliphatic rings. The first-order valence-corrected chi connectivity index (χ1v) is 8.20. The van der Waals surface area contributed by atoms with Crippen LogP contribution in [-0.4, -0.2) is 14.1 Å². The van der Waals surface area contributed by atoms with Crippen LogP contribution in [0.3, 0.4) is 0 Å². The smallest absolute Gasteiger partial charge is 0.275 e. The van der Waals surface area contributed by atoms with Gasteiger partial charge in [0.2, 0.25) is 0 Å². The molecule has 0 saturated heterocycles. The quantitative estimate of drug-likeness (QED) is 0.538. The second-order valence-corrected chi connectivity index (χ2v) is 6.31. The van der Waals surface area contributed by atoms with Crippen LogP contribution >= 0.6 is 0 Å². The SMILES string of the molecule is Cn1c(=O)c(N2C=Cn3cc4ccccc4c3C2)cc2cccnc21. The average molecular weight is 328 g/mol. The summed E-state index contributed by atoms with van der Waals surface area (Å²) in [7, 11) is 1.77. The summed E-state index contributed by atoms with van der Waals surface area (Å²) in [6.07, 6.45) is 7.80. The molecule has 0 spiro atoms. The van der Waals surface area contributed by atoms with Gasteiger partial charge in [-0.1, -0.05) is 24.3 Å². The lowest BCUT2D eigenvalue weighted by Crippen LogP contribution is -2.30. The fourth-order valence-corrected chi connectivity index (χ4v) is 3.56. The summed E-state index contributed by atoms with van der Waals surface area (Å²) >= 11 is 0. The van der Waals surface area contributed by atoms with E-state index < -0.39 is 0 Å². The van der Waals surface area contributed by atoms with Crippen molar-refractivity contribution < 1.29 is 0 Å². The molecule has 0 bridgehead atoms. The van der Waals surface area contributed by atoms with Crippen LogP contribution in [0.15, 0.2) is 65.9 Å². The van der Waals surface area contributed by atoms with Gasteiger partial charge in [0, 0.05) is 53.7 Å². The number of fused-ring (bicyclic) bond motifs is 4. The summed E-state index contributed by atoms with van der Waals surface area (Å²) in [4.78, 5) is 19.2. The van der Waals surface area contributed by atoms with Crippen LogP contribution in [0.25, 0.3) is 28.0 Å². The van der Waals surface area contributed by atoms with Crippen LogP contribution < -0.4 is 10.5 Å². The minimum Gasteiger partial charge on any atom is -0.336 e. The van der Waals surface area contributed by atoms with E-state index in [-0.39, 0.29) is 5.56 Å². The number of rotatable bonds is 1. The maximum atomic E-state index is 12.8. The van der Waals surface area contributed by atoms with Crippen molar-refractivity contribution in [1.29, 1.82) is 0 Å². The molecule has 4 aromatic rings. The Morgan fingerprint density at radius 2 is 1.88 bits per heavy atom. The van der Waals surface area contributed by atoms with Crippen LogP contribution in [0.5, 0.6) is 0 Å². The molecule has 4 heterocycles. The number of anilines is 1. The Bertz CT molecular complexity index is 1220. The zero-order chi connectivity index (χ0) is 17.0. The minimum atomic E-state index is -0.0415. The van der Waals surface area contributed by atoms with Crippen LogP contribution in [0.4, 0.5) is 5.69 Å². The summed E-state index contributed by atoms with van der Waals surface area (Å²) in [5, 5.41) is 3.38. The van der Waals surface area contributed by atoms with E-state index in [9.17, 15) is 4.79 Å². The summed E-state index contributed by atoms with van der Waals surface area (Å²) in [5.74, 6) is 0. The van der Waals surface area contributed by atoms with Gasteiger partial charge in [0.25, 0.3) is 5.56 Å². The van der Waals surface area contributed by atoms with Gasteiger partial charge in [-0.2, -0.15) is 0 Å².